The monoisotopic (exact) mass is 339 g/mol. The molecule has 0 aromatic heterocycles. The van der Waals surface area contributed by atoms with Gasteiger partial charge >= 0.3 is 0 Å². The van der Waals surface area contributed by atoms with Crippen molar-refractivity contribution in [1.29, 1.82) is 0 Å². The fraction of sp³-hybridized carbons (Fsp3) is 0.562. The number of amides is 1. The zero-order chi connectivity index (χ0) is 17.0. The number of rotatable bonds is 6. The topological polar surface area (TPSA) is 83.7 Å². The highest BCUT2D eigenvalue weighted by Gasteiger charge is 2.28. The van der Waals surface area contributed by atoms with Crippen LogP contribution in [0.2, 0.25) is 0 Å². The van der Waals surface area contributed by atoms with Gasteiger partial charge in [0.05, 0.1) is 4.90 Å². The summed E-state index contributed by atoms with van der Waals surface area (Å²) in [6.45, 7) is 6.86. The third-order valence-electron chi connectivity index (χ3n) is 4.19. The number of piperazine rings is 1. The van der Waals surface area contributed by atoms with E-state index < -0.39 is 10.0 Å². The first-order valence-electron chi connectivity index (χ1n) is 7.91. The first-order valence-corrected chi connectivity index (χ1v) is 9.35. The Labute approximate surface area is 138 Å². The molecule has 0 unspecified atom stereocenters. The summed E-state index contributed by atoms with van der Waals surface area (Å²) in [7, 11) is -3.44. The first-order chi connectivity index (χ1) is 10.8. The first kappa shape index (κ1) is 17.9. The number of carbonyl (C=O) groups excluding carboxylic acids is 1. The Bertz CT molecular complexity index is 633. The predicted molar refractivity (Wildman–Crippen MR) is 89.5 cm³/mol. The molecule has 1 aromatic rings. The van der Waals surface area contributed by atoms with Gasteiger partial charge in [-0.25, -0.2) is 8.42 Å². The SMILES string of the molecule is CC(C)c1ccc(S(=O)(=O)N2CCN(CCC(N)=O)CC2)cc1. The van der Waals surface area contributed by atoms with Crippen LogP contribution in [0.1, 0.15) is 31.7 Å². The van der Waals surface area contributed by atoms with Crippen LogP contribution in [-0.2, 0) is 14.8 Å². The van der Waals surface area contributed by atoms with E-state index in [4.69, 9.17) is 5.73 Å². The van der Waals surface area contributed by atoms with E-state index in [9.17, 15) is 13.2 Å². The van der Waals surface area contributed by atoms with E-state index in [0.29, 0.717) is 50.0 Å². The highest BCUT2D eigenvalue weighted by Crippen LogP contribution is 2.21. The highest BCUT2D eigenvalue weighted by atomic mass is 32.2. The molecule has 0 radical (unpaired) electrons. The molecule has 2 rings (SSSR count). The van der Waals surface area contributed by atoms with Crippen LogP contribution in [0.25, 0.3) is 0 Å². The molecular formula is C16H25N3O3S. The second kappa shape index (κ2) is 7.42. The Hall–Kier alpha value is -1.44. The van der Waals surface area contributed by atoms with Crippen LogP contribution in [0.5, 0.6) is 0 Å². The fourth-order valence-corrected chi connectivity index (χ4v) is 4.06. The van der Waals surface area contributed by atoms with E-state index in [1.807, 2.05) is 12.1 Å². The zero-order valence-electron chi connectivity index (χ0n) is 13.7. The molecule has 128 valence electrons. The van der Waals surface area contributed by atoms with Crippen molar-refractivity contribution in [2.75, 3.05) is 32.7 Å². The lowest BCUT2D eigenvalue weighted by Crippen LogP contribution is -2.49. The summed E-state index contributed by atoms with van der Waals surface area (Å²) in [6, 6.07) is 7.12. The lowest BCUT2D eigenvalue weighted by Gasteiger charge is -2.33. The smallest absolute Gasteiger partial charge is 0.243 e. The van der Waals surface area contributed by atoms with Crippen LogP contribution in [0.3, 0.4) is 0 Å². The summed E-state index contributed by atoms with van der Waals surface area (Å²) >= 11 is 0. The van der Waals surface area contributed by atoms with Crippen LogP contribution in [0.15, 0.2) is 29.2 Å². The molecule has 2 N–H and O–H groups in total. The van der Waals surface area contributed by atoms with Gasteiger partial charge in [0.15, 0.2) is 0 Å². The Balaban J connectivity index is 2.00. The Morgan fingerprint density at radius 1 is 1.13 bits per heavy atom. The number of hydrogen-bond acceptors (Lipinski definition) is 4. The molecule has 1 saturated heterocycles. The summed E-state index contributed by atoms with van der Waals surface area (Å²) in [4.78, 5) is 13.2. The highest BCUT2D eigenvalue weighted by molar-refractivity contribution is 7.89. The van der Waals surface area contributed by atoms with Crippen molar-refractivity contribution in [3.8, 4) is 0 Å². The van der Waals surface area contributed by atoms with Crippen molar-refractivity contribution in [3.63, 3.8) is 0 Å². The minimum absolute atomic E-state index is 0.309. The van der Waals surface area contributed by atoms with Gasteiger partial charge in [0, 0.05) is 39.1 Å². The molecule has 0 bridgehead atoms. The maximum Gasteiger partial charge on any atom is 0.243 e. The van der Waals surface area contributed by atoms with Crippen molar-refractivity contribution in [1.82, 2.24) is 9.21 Å². The third-order valence-corrected chi connectivity index (χ3v) is 6.10. The third kappa shape index (κ3) is 4.53. The van der Waals surface area contributed by atoms with Crippen molar-refractivity contribution >= 4 is 15.9 Å². The molecule has 23 heavy (non-hydrogen) atoms. The van der Waals surface area contributed by atoms with Crippen LogP contribution < -0.4 is 5.73 Å². The van der Waals surface area contributed by atoms with E-state index >= 15 is 0 Å². The summed E-state index contributed by atoms with van der Waals surface area (Å²) in [5.74, 6) is 0.0471. The van der Waals surface area contributed by atoms with Crippen molar-refractivity contribution in [2.24, 2.45) is 5.73 Å². The van der Waals surface area contributed by atoms with E-state index in [1.165, 1.54) is 4.31 Å². The molecule has 1 aliphatic heterocycles. The number of sulfonamides is 1. The van der Waals surface area contributed by atoms with E-state index in [-0.39, 0.29) is 5.91 Å². The Morgan fingerprint density at radius 2 is 1.70 bits per heavy atom. The molecule has 0 spiro atoms. The quantitative estimate of drug-likeness (QED) is 0.838. The van der Waals surface area contributed by atoms with E-state index in [2.05, 4.69) is 18.7 Å². The Morgan fingerprint density at radius 3 is 2.17 bits per heavy atom. The largest absolute Gasteiger partial charge is 0.370 e. The molecule has 7 heteroatoms. The van der Waals surface area contributed by atoms with E-state index in [1.54, 1.807) is 12.1 Å². The number of benzene rings is 1. The van der Waals surface area contributed by atoms with E-state index in [0.717, 1.165) is 5.56 Å². The van der Waals surface area contributed by atoms with Crippen molar-refractivity contribution < 1.29 is 13.2 Å². The fourth-order valence-electron chi connectivity index (χ4n) is 2.64. The molecule has 0 atom stereocenters. The molecule has 1 amide bonds. The number of nitrogens with two attached hydrogens (primary N) is 1. The van der Waals surface area contributed by atoms with Crippen molar-refractivity contribution in [3.05, 3.63) is 29.8 Å². The molecule has 0 aliphatic carbocycles. The molecule has 1 heterocycles. The van der Waals surface area contributed by atoms with Gasteiger partial charge in [-0.3, -0.25) is 4.79 Å². The van der Waals surface area contributed by atoms with Gasteiger partial charge in [-0.1, -0.05) is 26.0 Å². The molecule has 1 aliphatic rings. The van der Waals surface area contributed by atoms with Gasteiger partial charge in [-0.15, -0.1) is 0 Å². The molecule has 1 fully saturated rings. The average molecular weight is 339 g/mol. The summed E-state index contributed by atoms with van der Waals surface area (Å²) in [5.41, 5.74) is 6.27. The Kier molecular flexibility index (Phi) is 5.78. The molecule has 1 aromatic carbocycles. The lowest BCUT2D eigenvalue weighted by molar-refractivity contribution is -0.118. The molecule has 0 saturated carbocycles. The minimum atomic E-state index is -3.44. The normalized spacial score (nSPS) is 17.5. The number of carbonyl (C=O) groups is 1. The van der Waals surface area contributed by atoms with Gasteiger partial charge in [0.25, 0.3) is 0 Å². The standard InChI is InChI=1S/C16H25N3O3S/c1-13(2)14-3-5-15(6-4-14)23(21,22)19-11-9-18(10-12-19)8-7-16(17)20/h3-6,13H,7-12H2,1-2H3,(H2,17,20). The van der Waals surface area contributed by atoms with Gasteiger partial charge < -0.3 is 10.6 Å². The van der Waals surface area contributed by atoms with Gasteiger partial charge in [-0.2, -0.15) is 4.31 Å². The second-order valence-corrected chi connectivity index (χ2v) is 8.12. The maximum absolute atomic E-state index is 12.7. The summed E-state index contributed by atoms with van der Waals surface area (Å²) in [6.07, 6.45) is 0.309. The second-order valence-electron chi connectivity index (χ2n) is 6.19. The maximum atomic E-state index is 12.7. The van der Waals surface area contributed by atoms with Crippen LogP contribution >= 0.6 is 0 Å². The minimum Gasteiger partial charge on any atom is -0.370 e. The number of nitrogens with zero attached hydrogens (tertiary/aromatic N) is 2. The van der Waals surface area contributed by atoms with Gasteiger partial charge in [0.2, 0.25) is 15.9 Å². The summed E-state index contributed by atoms with van der Waals surface area (Å²) in [5, 5.41) is 0. The average Bonchev–Trinajstić information content (AvgIpc) is 2.53. The molecule has 6 nitrogen and oxygen atoms in total. The van der Waals surface area contributed by atoms with Gasteiger partial charge in [-0.05, 0) is 23.6 Å². The van der Waals surface area contributed by atoms with Crippen LogP contribution in [0.4, 0.5) is 0 Å². The van der Waals surface area contributed by atoms with Crippen LogP contribution in [0, 0.1) is 0 Å². The lowest BCUT2D eigenvalue weighted by atomic mass is 10.0. The predicted octanol–water partition coefficient (Wildman–Crippen LogP) is 0.992. The number of hydrogen-bond donors (Lipinski definition) is 1. The van der Waals surface area contributed by atoms with Gasteiger partial charge in [0.1, 0.15) is 0 Å². The molecular weight excluding hydrogens is 314 g/mol. The summed E-state index contributed by atoms with van der Waals surface area (Å²) < 4.78 is 26.9. The van der Waals surface area contributed by atoms with Crippen molar-refractivity contribution in [2.45, 2.75) is 31.1 Å². The zero-order valence-corrected chi connectivity index (χ0v) is 14.6. The van der Waals surface area contributed by atoms with Crippen LogP contribution in [-0.4, -0.2) is 56.3 Å². The number of primary amides is 1.